The molecule has 0 aliphatic heterocycles. The number of ether oxygens (including phenoxy) is 1. The lowest BCUT2D eigenvalue weighted by Gasteiger charge is -2.22. The standard InChI is InChI=1S/C25H26N2O3/c1-25(2,16-28)15-27-24-22-20(13-14-26-24)30-23(18-7-5-4-6-8-18)21(22)17-9-11-19(29-3)12-10-17/h4-14,28H,15-16H2,1-3H3,(H,26,27). The van der Waals surface area contributed by atoms with Crippen LogP contribution in [0.4, 0.5) is 5.82 Å². The number of rotatable bonds is 7. The second-order valence-corrected chi connectivity index (χ2v) is 8.11. The first-order chi connectivity index (χ1) is 14.5. The Balaban J connectivity index is 1.92. The Bertz CT molecular complexity index is 1130. The molecule has 30 heavy (non-hydrogen) atoms. The number of pyridine rings is 1. The van der Waals surface area contributed by atoms with Crippen LogP contribution in [0.3, 0.4) is 0 Å². The van der Waals surface area contributed by atoms with Gasteiger partial charge < -0.3 is 19.6 Å². The van der Waals surface area contributed by atoms with Gasteiger partial charge in [-0.3, -0.25) is 0 Å². The summed E-state index contributed by atoms with van der Waals surface area (Å²) in [5.74, 6) is 2.34. The van der Waals surface area contributed by atoms with Gasteiger partial charge in [0.2, 0.25) is 0 Å². The summed E-state index contributed by atoms with van der Waals surface area (Å²) in [4.78, 5) is 4.59. The van der Waals surface area contributed by atoms with Crippen LogP contribution in [0.25, 0.3) is 33.4 Å². The summed E-state index contributed by atoms with van der Waals surface area (Å²) in [6.07, 6.45) is 1.74. The van der Waals surface area contributed by atoms with Crippen molar-refractivity contribution < 1.29 is 14.3 Å². The smallest absolute Gasteiger partial charge is 0.143 e. The first-order valence-electron chi connectivity index (χ1n) is 9.98. The molecule has 2 aromatic heterocycles. The van der Waals surface area contributed by atoms with E-state index in [1.54, 1.807) is 13.3 Å². The van der Waals surface area contributed by atoms with Gasteiger partial charge in [0.05, 0.1) is 12.5 Å². The Kier molecular flexibility index (Phi) is 5.46. The number of benzene rings is 2. The van der Waals surface area contributed by atoms with Crippen LogP contribution < -0.4 is 10.1 Å². The Morgan fingerprint density at radius 3 is 2.40 bits per heavy atom. The average Bonchev–Trinajstić information content (AvgIpc) is 3.18. The third-order valence-electron chi connectivity index (χ3n) is 5.18. The van der Waals surface area contributed by atoms with Crippen molar-refractivity contribution in [2.24, 2.45) is 5.41 Å². The van der Waals surface area contributed by atoms with Crippen molar-refractivity contribution in [1.82, 2.24) is 4.98 Å². The maximum atomic E-state index is 9.63. The van der Waals surface area contributed by atoms with Gasteiger partial charge in [0.25, 0.3) is 0 Å². The molecular weight excluding hydrogens is 376 g/mol. The summed E-state index contributed by atoms with van der Waals surface area (Å²) < 4.78 is 11.7. The van der Waals surface area contributed by atoms with E-state index in [1.165, 1.54) is 0 Å². The molecule has 0 spiro atoms. The Hall–Kier alpha value is -3.31. The molecule has 4 rings (SSSR count). The van der Waals surface area contributed by atoms with Crippen LogP contribution in [0.1, 0.15) is 13.8 Å². The molecule has 154 valence electrons. The molecule has 2 heterocycles. The van der Waals surface area contributed by atoms with E-state index in [-0.39, 0.29) is 12.0 Å². The van der Waals surface area contributed by atoms with Crippen molar-refractivity contribution >= 4 is 16.8 Å². The number of nitrogens with one attached hydrogen (secondary N) is 1. The molecule has 0 unspecified atom stereocenters. The molecule has 2 N–H and O–H groups in total. The van der Waals surface area contributed by atoms with E-state index in [4.69, 9.17) is 9.15 Å². The van der Waals surface area contributed by atoms with Gasteiger partial charge in [0, 0.05) is 35.9 Å². The predicted octanol–water partition coefficient (Wildman–Crippen LogP) is 5.60. The SMILES string of the molecule is COc1ccc(-c2c(-c3ccccc3)oc3ccnc(NCC(C)(C)CO)c23)cc1. The van der Waals surface area contributed by atoms with Crippen LogP contribution in [0.15, 0.2) is 71.3 Å². The Morgan fingerprint density at radius 2 is 1.73 bits per heavy atom. The normalized spacial score (nSPS) is 11.6. The Labute approximate surface area is 176 Å². The van der Waals surface area contributed by atoms with Crippen molar-refractivity contribution in [3.8, 4) is 28.2 Å². The summed E-state index contributed by atoms with van der Waals surface area (Å²) in [6.45, 7) is 4.69. The van der Waals surface area contributed by atoms with E-state index in [1.807, 2.05) is 74.5 Å². The van der Waals surface area contributed by atoms with Gasteiger partial charge in [-0.1, -0.05) is 56.3 Å². The molecule has 4 aromatic rings. The van der Waals surface area contributed by atoms with E-state index >= 15 is 0 Å². The Morgan fingerprint density at radius 1 is 1.00 bits per heavy atom. The molecule has 0 amide bonds. The minimum atomic E-state index is -0.268. The molecular formula is C25H26N2O3. The number of furan rings is 1. The van der Waals surface area contributed by atoms with Crippen molar-refractivity contribution in [2.75, 3.05) is 25.6 Å². The zero-order valence-corrected chi connectivity index (χ0v) is 17.5. The van der Waals surface area contributed by atoms with Gasteiger partial charge in [-0.15, -0.1) is 0 Å². The van der Waals surface area contributed by atoms with Crippen molar-refractivity contribution in [3.05, 3.63) is 66.9 Å². The summed E-state index contributed by atoms with van der Waals surface area (Å²) in [5, 5.41) is 14.0. The third kappa shape index (κ3) is 3.89. The molecule has 0 fully saturated rings. The van der Waals surface area contributed by atoms with Crippen molar-refractivity contribution in [3.63, 3.8) is 0 Å². The summed E-state index contributed by atoms with van der Waals surface area (Å²) >= 11 is 0. The average molecular weight is 402 g/mol. The highest BCUT2D eigenvalue weighted by molar-refractivity contribution is 6.07. The van der Waals surface area contributed by atoms with Crippen LogP contribution in [0.2, 0.25) is 0 Å². The van der Waals surface area contributed by atoms with E-state index in [9.17, 15) is 5.11 Å². The molecule has 0 aliphatic carbocycles. The zero-order valence-electron chi connectivity index (χ0n) is 17.5. The third-order valence-corrected chi connectivity index (χ3v) is 5.18. The number of aliphatic hydroxyl groups excluding tert-OH is 1. The minimum absolute atomic E-state index is 0.0853. The molecule has 0 bridgehead atoms. The van der Waals surface area contributed by atoms with Gasteiger partial charge in [-0.25, -0.2) is 4.98 Å². The summed E-state index contributed by atoms with van der Waals surface area (Å²) in [6, 6.07) is 19.9. The predicted molar refractivity (Wildman–Crippen MR) is 121 cm³/mol. The van der Waals surface area contributed by atoms with Gasteiger partial charge in [0.15, 0.2) is 0 Å². The van der Waals surface area contributed by atoms with Crippen LogP contribution >= 0.6 is 0 Å². The lowest BCUT2D eigenvalue weighted by molar-refractivity contribution is 0.171. The first-order valence-corrected chi connectivity index (χ1v) is 9.98. The molecule has 0 radical (unpaired) electrons. The first kappa shape index (κ1) is 20.0. The molecule has 0 aliphatic rings. The van der Waals surface area contributed by atoms with Gasteiger partial charge in [-0.05, 0) is 23.8 Å². The quantitative estimate of drug-likeness (QED) is 0.421. The second kappa shape index (κ2) is 8.20. The molecule has 0 saturated carbocycles. The fraction of sp³-hybridized carbons (Fsp3) is 0.240. The fourth-order valence-corrected chi connectivity index (χ4v) is 3.38. The monoisotopic (exact) mass is 402 g/mol. The van der Waals surface area contributed by atoms with E-state index < -0.39 is 0 Å². The van der Waals surface area contributed by atoms with Crippen LogP contribution in [-0.2, 0) is 0 Å². The van der Waals surface area contributed by atoms with E-state index in [0.29, 0.717) is 6.54 Å². The number of hydrogen-bond acceptors (Lipinski definition) is 5. The highest BCUT2D eigenvalue weighted by Crippen LogP contribution is 2.43. The highest BCUT2D eigenvalue weighted by atomic mass is 16.5. The van der Waals surface area contributed by atoms with Crippen molar-refractivity contribution in [1.29, 1.82) is 0 Å². The fourth-order valence-electron chi connectivity index (χ4n) is 3.38. The van der Waals surface area contributed by atoms with Crippen molar-refractivity contribution in [2.45, 2.75) is 13.8 Å². The lowest BCUT2D eigenvalue weighted by Crippen LogP contribution is -2.27. The number of hydrogen-bond donors (Lipinski definition) is 2. The topological polar surface area (TPSA) is 67.5 Å². The second-order valence-electron chi connectivity index (χ2n) is 8.11. The van der Waals surface area contributed by atoms with Crippen LogP contribution in [0, 0.1) is 5.41 Å². The lowest BCUT2D eigenvalue weighted by atomic mass is 9.94. The number of nitrogens with zero attached hydrogens (tertiary/aromatic N) is 1. The van der Waals surface area contributed by atoms with Crippen LogP contribution in [0.5, 0.6) is 5.75 Å². The van der Waals surface area contributed by atoms with Crippen LogP contribution in [-0.4, -0.2) is 30.4 Å². The zero-order chi connectivity index (χ0) is 21.1. The largest absolute Gasteiger partial charge is 0.497 e. The molecule has 5 heteroatoms. The summed E-state index contributed by atoms with van der Waals surface area (Å²) in [5.41, 5.74) is 3.50. The molecule has 2 aromatic carbocycles. The summed E-state index contributed by atoms with van der Waals surface area (Å²) in [7, 11) is 1.66. The number of aliphatic hydroxyl groups is 1. The molecule has 5 nitrogen and oxygen atoms in total. The van der Waals surface area contributed by atoms with Gasteiger partial charge >= 0.3 is 0 Å². The minimum Gasteiger partial charge on any atom is -0.497 e. The molecule has 0 saturated heterocycles. The number of fused-ring (bicyclic) bond motifs is 1. The maximum Gasteiger partial charge on any atom is 0.143 e. The molecule has 0 atom stereocenters. The number of methoxy groups -OCH3 is 1. The van der Waals surface area contributed by atoms with Gasteiger partial charge in [-0.2, -0.15) is 0 Å². The van der Waals surface area contributed by atoms with Gasteiger partial charge in [0.1, 0.15) is 22.9 Å². The van der Waals surface area contributed by atoms with E-state index in [2.05, 4.69) is 10.3 Å². The number of anilines is 1. The maximum absolute atomic E-state index is 9.63. The highest BCUT2D eigenvalue weighted by Gasteiger charge is 2.23. The van der Waals surface area contributed by atoms with E-state index in [0.717, 1.165) is 45.0 Å². The number of aromatic nitrogens is 1.